The first-order valence-electron chi connectivity index (χ1n) is 7.19. The molecule has 0 saturated heterocycles. The Morgan fingerprint density at radius 1 is 1.16 bits per heavy atom. The van der Waals surface area contributed by atoms with Crippen molar-refractivity contribution in [2.75, 3.05) is 0 Å². The van der Waals surface area contributed by atoms with Crippen molar-refractivity contribution in [2.24, 2.45) is 11.8 Å². The minimum Gasteiger partial charge on any atom is -0.474 e. The summed E-state index contributed by atoms with van der Waals surface area (Å²) in [5, 5.41) is 0.513. The lowest BCUT2D eigenvalue weighted by Gasteiger charge is -2.31. The van der Waals surface area contributed by atoms with Crippen molar-refractivity contribution in [3.05, 3.63) is 16.5 Å². The van der Waals surface area contributed by atoms with Gasteiger partial charge in [0.15, 0.2) is 0 Å². The van der Waals surface area contributed by atoms with Crippen molar-refractivity contribution >= 4 is 11.6 Å². The van der Waals surface area contributed by atoms with Crippen molar-refractivity contribution in [1.82, 2.24) is 9.97 Å². The van der Waals surface area contributed by atoms with Gasteiger partial charge in [0, 0.05) is 12.0 Å². The van der Waals surface area contributed by atoms with E-state index in [1.807, 2.05) is 13.8 Å². The largest absolute Gasteiger partial charge is 0.474 e. The lowest BCUT2D eigenvalue weighted by molar-refractivity contribution is 0.0956. The Labute approximate surface area is 120 Å². The molecule has 4 heteroatoms. The number of hydrogen-bond donors (Lipinski definition) is 0. The van der Waals surface area contributed by atoms with E-state index in [0.717, 1.165) is 42.5 Å². The van der Waals surface area contributed by atoms with E-state index < -0.39 is 0 Å². The molecule has 1 saturated carbocycles. The number of rotatable bonds is 3. The Morgan fingerprint density at radius 2 is 1.79 bits per heavy atom. The lowest BCUT2D eigenvalue weighted by atomic mass is 9.82. The van der Waals surface area contributed by atoms with Crippen LogP contribution in [0, 0.1) is 18.8 Å². The summed E-state index contributed by atoms with van der Waals surface area (Å²) in [6.45, 7) is 8.54. The van der Waals surface area contributed by atoms with Crippen LogP contribution >= 0.6 is 11.6 Å². The maximum atomic E-state index is 6.14. The third-order valence-electron chi connectivity index (χ3n) is 3.82. The fourth-order valence-corrected chi connectivity index (χ4v) is 3.09. The van der Waals surface area contributed by atoms with Gasteiger partial charge in [0.2, 0.25) is 5.88 Å². The maximum Gasteiger partial charge on any atom is 0.221 e. The van der Waals surface area contributed by atoms with Crippen molar-refractivity contribution in [1.29, 1.82) is 0 Å². The molecule has 0 amide bonds. The zero-order valence-corrected chi connectivity index (χ0v) is 13.0. The molecule has 0 spiro atoms. The Hall–Kier alpha value is -0.830. The molecule has 1 heterocycles. The summed E-state index contributed by atoms with van der Waals surface area (Å²) < 4.78 is 6.11. The van der Waals surface area contributed by atoms with E-state index in [-0.39, 0.29) is 6.10 Å². The summed E-state index contributed by atoms with van der Waals surface area (Å²) >= 11 is 6.14. The molecule has 19 heavy (non-hydrogen) atoms. The van der Waals surface area contributed by atoms with Crippen molar-refractivity contribution in [3.8, 4) is 5.88 Å². The summed E-state index contributed by atoms with van der Waals surface area (Å²) in [7, 11) is 0. The highest BCUT2D eigenvalue weighted by Gasteiger charge is 2.26. The van der Waals surface area contributed by atoms with Crippen molar-refractivity contribution < 1.29 is 4.74 Å². The predicted octanol–water partition coefficient (Wildman–Crippen LogP) is 4.20. The quantitative estimate of drug-likeness (QED) is 0.779. The van der Waals surface area contributed by atoms with Crippen LogP contribution in [-0.4, -0.2) is 16.1 Å². The Morgan fingerprint density at radius 3 is 2.37 bits per heavy atom. The summed E-state index contributed by atoms with van der Waals surface area (Å²) in [4.78, 5) is 8.73. The number of aromatic nitrogens is 2. The normalized spacial score (nSPS) is 27.3. The second-order valence-electron chi connectivity index (χ2n) is 5.87. The SMILES string of the molecule is CCc1nc(Cl)c(C)c(OC2CC(C)CC(C)C2)n1. The third-order valence-corrected chi connectivity index (χ3v) is 4.19. The number of nitrogens with zero attached hydrogens (tertiary/aromatic N) is 2. The summed E-state index contributed by atoms with van der Waals surface area (Å²) in [6.07, 6.45) is 4.53. The molecule has 1 aromatic rings. The van der Waals surface area contributed by atoms with Crippen LogP contribution in [0.3, 0.4) is 0 Å². The number of halogens is 1. The van der Waals surface area contributed by atoms with E-state index in [4.69, 9.17) is 16.3 Å². The van der Waals surface area contributed by atoms with Gasteiger partial charge >= 0.3 is 0 Å². The molecular formula is C15H23ClN2O. The first-order valence-corrected chi connectivity index (χ1v) is 7.57. The molecule has 0 aromatic carbocycles. The fraction of sp³-hybridized carbons (Fsp3) is 0.733. The first kappa shape index (κ1) is 14.6. The average Bonchev–Trinajstić information content (AvgIpc) is 2.33. The van der Waals surface area contributed by atoms with E-state index >= 15 is 0 Å². The molecular weight excluding hydrogens is 260 g/mol. The predicted molar refractivity (Wildman–Crippen MR) is 77.8 cm³/mol. The van der Waals surface area contributed by atoms with Gasteiger partial charge in [-0.2, -0.15) is 4.98 Å². The van der Waals surface area contributed by atoms with Crippen LogP contribution < -0.4 is 4.74 Å². The average molecular weight is 283 g/mol. The topological polar surface area (TPSA) is 35.0 Å². The second kappa shape index (κ2) is 6.08. The molecule has 2 unspecified atom stereocenters. The van der Waals surface area contributed by atoms with Crippen molar-refractivity contribution in [2.45, 2.75) is 59.5 Å². The van der Waals surface area contributed by atoms with Gasteiger partial charge < -0.3 is 4.74 Å². The van der Waals surface area contributed by atoms with Crippen LogP contribution in [0.1, 0.15) is 51.4 Å². The highest BCUT2D eigenvalue weighted by molar-refractivity contribution is 6.30. The van der Waals surface area contributed by atoms with E-state index in [2.05, 4.69) is 23.8 Å². The van der Waals surface area contributed by atoms with Crippen LogP contribution in [0.15, 0.2) is 0 Å². The van der Waals surface area contributed by atoms with Gasteiger partial charge in [-0.25, -0.2) is 4.98 Å². The first-order chi connectivity index (χ1) is 8.99. The Kier molecular flexibility index (Phi) is 4.67. The molecule has 0 aliphatic heterocycles. The number of hydrogen-bond acceptors (Lipinski definition) is 3. The maximum absolute atomic E-state index is 6.14. The zero-order chi connectivity index (χ0) is 14.0. The third kappa shape index (κ3) is 3.59. The lowest BCUT2D eigenvalue weighted by Crippen LogP contribution is -2.29. The summed E-state index contributed by atoms with van der Waals surface area (Å²) in [5.41, 5.74) is 0.852. The van der Waals surface area contributed by atoms with Gasteiger partial charge in [-0.1, -0.05) is 32.4 Å². The fourth-order valence-electron chi connectivity index (χ4n) is 2.91. The molecule has 3 nitrogen and oxygen atoms in total. The molecule has 1 aromatic heterocycles. The number of aryl methyl sites for hydroxylation is 1. The molecule has 1 aliphatic rings. The Balaban J connectivity index is 2.16. The van der Waals surface area contributed by atoms with E-state index in [9.17, 15) is 0 Å². The molecule has 1 aliphatic carbocycles. The molecule has 2 atom stereocenters. The smallest absolute Gasteiger partial charge is 0.221 e. The minimum absolute atomic E-state index is 0.258. The molecule has 0 N–H and O–H groups in total. The van der Waals surface area contributed by atoms with Crippen LogP contribution in [0.5, 0.6) is 5.88 Å². The van der Waals surface area contributed by atoms with E-state index in [0.29, 0.717) is 11.0 Å². The van der Waals surface area contributed by atoms with Crippen LogP contribution in [-0.2, 0) is 6.42 Å². The van der Waals surface area contributed by atoms with Crippen LogP contribution in [0.2, 0.25) is 5.15 Å². The van der Waals surface area contributed by atoms with Crippen molar-refractivity contribution in [3.63, 3.8) is 0 Å². The molecule has 1 fully saturated rings. The standard InChI is InChI=1S/C15H23ClN2O/c1-5-13-17-14(16)11(4)15(18-13)19-12-7-9(2)6-10(3)8-12/h9-10,12H,5-8H2,1-4H3. The van der Waals surface area contributed by atoms with Crippen LogP contribution in [0.25, 0.3) is 0 Å². The van der Waals surface area contributed by atoms with Gasteiger partial charge in [0.05, 0.1) is 0 Å². The number of ether oxygens (including phenoxy) is 1. The summed E-state index contributed by atoms with van der Waals surface area (Å²) in [5.74, 6) is 2.86. The van der Waals surface area contributed by atoms with E-state index in [1.54, 1.807) is 0 Å². The molecule has 0 radical (unpaired) electrons. The molecule has 0 bridgehead atoms. The highest BCUT2D eigenvalue weighted by Crippen LogP contribution is 2.32. The summed E-state index contributed by atoms with van der Waals surface area (Å²) in [6, 6.07) is 0. The monoisotopic (exact) mass is 282 g/mol. The molecule has 106 valence electrons. The second-order valence-corrected chi connectivity index (χ2v) is 6.23. The van der Waals surface area contributed by atoms with Gasteiger partial charge in [-0.15, -0.1) is 0 Å². The Bertz CT molecular complexity index is 440. The van der Waals surface area contributed by atoms with Gasteiger partial charge in [0.1, 0.15) is 17.1 Å². The van der Waals surface area contributed by atoms with Crippen LogP contribution in [0.4, 0.5) is 0 Å². The van der Waals surface area contributed by atoms with Gasteiger partial charge in [-0.3, -0.25) is 0 Å². The minimum atomic E-state index is 0.258. The zero-order valence-electron chi connectivity index (χ0n) is 12.2. The van der Waals surface area contributed by atoms with E-state index in [1.165, 1.54) is 6.42 Å². The van der Waals surface area contributed by atoms with Gasteiger partial charge in [0.25, 0.3) is 0 Å². The highest BCUT2D eigenvalue weighted by atomic mass is 35.5. The van der Waals surface area contributed by atoms with Gasteiger partial charge in [-0.05, 0) is 38.0 Å². The molecule has 2 rings (SSSR count).